The first-order chi connectivity index (χ1) is 11.1. The van der Waals surface area contributed by atoms with E-state index in [-0.39, 0.29) is 0 Å². The zero-order valence-electron chi connectivity index (χ0n) is 14.2. The molecule has 1 unspecified atom stereocenters. The molecule has 1 aliphatic heterocycles. The maximum Gasteiger partial charge on any atom is 0.147 e. The largest absolute Gasteiger partial charge is 0.352 e. The smallest absolute Gasteiger partial charge is 0.147 e. The second-order valence-corrected chi connectivity index (χ2v) is 6.88. The maximum absolute atomic E-state index is 4.87. The standard InChI is InChI=1S/C17H24N6/c1-11-9-16(20-17(18-11)14-6-7-14)22-8-4-5-15(22)10-23-13(3)19-12(2)21-23/h9,14-15H,4-8,10H2,1-3H3. The molecular weight excluding hydrogens is 288 g/mol. The van der Waals surface area contributed by atoms with Crippen molar-refractivity contribution in [1.82, 2.24) is 24.7 Å². The molecule has 2 aliphatic rings. The lowest BCUT2D eigenvalue weighted by Crippen LogP contribution is -2.34. The van der Waals surface area contributed by atoms with Gasteiger partial charge in [-0.3, -0.25) is 0 Å². The van der Waals surface area contributed by atoms with Gasteiger partial charge in [-0.2, -0.15) is 5.10 Å². The van der Waals surface area contributed by atoms with Crippen LogP contribution in [0.25, 0.3) is 0 Å². The molecule has 1 atom stereocenters. The summed E-state index contributed by atoms with van der Waals surface area (Å²) in [6.45, 7) is 8.00. The van der Waals surface area contributed by atoms with Crippen LogP contribution in [0.2, 0.25) is 0 Å². The molecule has 1 saturated carbocycles. The number of rotatable bonds is 4. The van der Waals surface area contributed by atoms with Crippen LogP contribution in [0.5, 0.6) is 0 Å². The molecule has 0 N–H and O–H groups in total. The van der Waals surface area contributed by atoms with Crippen molar-refractivity contribution in [3.8, 4) is 0 Å². The molecule has 0 amide bonds. The monoisotopic (exact) mass is 312 g/mol. The summed E-state index contributed by atoms with van der Waals surface area (Å²) in [5, 5.41) is 4.52. The first kappa shape index (κ1) is 14.6. The van der Waals surface area contributed by atoms with Crippen LogP contribution in [-0.2, 0) is 6.54 Å². The molecule has 2 aromatic heterocycles. The average molecular weight is 312 g/mol. The van der Waals surface area contributed by atoms with Crippen molar-refractivity contribution in [2.75, 3.05) is 11.4 Å². The van der Waals surface area contributed by atoms with Gasteiger partial charge >= 0.3 is 0 Å². The molecule has 3 heterocycles. The Labute approximate surface area is 137 Å². The molecule has 1 saturated heterocycles. The van der Waals surface area contributed by atoms with Gasteiger partial charge in [-0.25, -0.2) is 19.6 Å². The van der Waals surface area contributed by atoms with Gasteiger partial charge in [0, 0.05) is 24.2 Å². The zero-order valence-corrected chi connectivity index (χ0v) is 14.2. The van der Waals surface area contributed by atoms with E-state index in [1.807, 2.05) is 18.5 Å². The van der Waals surface area contributed by atoms with Crippen LogP contribution in [0, 0.1) is 20.8 Å². The predicted octanol–water partition coefficient (Wildman–Crippen LogP) is 2.54. The fourth-order valence-electron chi connectivity index (χ4n) is 3.51. The minimum absolute atomic E-state index is 0.441. The molecule has 122 valence electrons. The van der Waals surface area contributed by atoms with Gasteiger partial charge in [-0.05, 0) is 46.5 Å². The van der Waals surface area contributed by atoms with E-state index < -0.39 is 0 Å². The van der Waals surface area contributed by atoms with Crippen molar-refractivity contribution in [2.45, 2.75) is 65.0 Å². The van der Waals surface area contributed by atoms with E-state index in [4.69, 9.17) is 4.98 Å². The number of anilines is 1. The van der Waals surface area contributed by atoms with Crippen molar-refractivity contribution in [3.05, 3.63) is 29.2 Å². The summed E-state index contributed by atoms with van der Waals surface area (Å²) < 4.78 is 2.04. The van der Waals surface area contributed by atoms with Gasteiger partial charge in [0.05, 0.1) is 12.6 Å². The lowest BCUT2D eigenvalue weighted by Gasteiger charge is -2.26. The van der Waals surface area contributed by atoms with Gasteiger partial charge in [-0.1, -0.05) is 0 Å². The molecule has 2 fully saturated rings. The Kier molecular flexibility index (Phi) is 3.54. The molecule has 0 spiro atoms. The molecule has 23 heavy (non-hydrogen) atoms. The van der Waals surface area contributed by atoms with Crippen molar-refractivity contribution in [2.24, 2.45) is 0 Å². The van der Waals surface area contributed by atoms with Crippen LogP contribution >= 0.6 is 0 Å². The van der Waals surface area contributed by atoms with E-state index in [1.165, 1.54) is 25.7 Å². The molecule has 1 aliphatic carbocycles. The second-order valence-electron chi connectivity index (χ2n) is 6.88. The number of hydrogen-bond acceptors (Lipinski definition) is 5. The highest BCUT2D eigenvalue weighted by Crippen LogP contribution is 2.39. The van der Waals surface area contributed by atoms with Gasteiger partial charge in [0.15, 0.2) is 0 Å². The minimum atomic E-state index is 0.441. The molecule has 6 heteroatoms. The van der Waals surface area contributed by atoms with E-state index in [1.54, 1.807) is 0 Å². The lowest BCUT2D eigenvalue weighted by molar-refractivity contribution is 0.494. The molecule has 0 aromatic carbocycles. The first-order valence-electron chi connectivity index (χ1n) is 8.60. The highest BCUT2D eigenvalue weighted by atomic mass is 15.4. The topological polar surface area (TPSA) is 59.7 Å². The highest BCUT2D eigenvalue weighted by molar-refractivity contribution is 5.43. The summed E-state index contributed by atoms with van der Waals surface area (Å²) in [7, 11) is 0. The van der Waals surface area contributed by atoms with Crippen LogP contribution in [0.15, 0.2) is 6.07 Å². The summed E-state index contributed by atoms with van der Waals surface area (Å²) >= 11 is 0. The molecule has 2 aromatic rings. The SMILES string of the molecule is Cc1cc(N2CCCC2Cn2nc(C)nc2C)nc(C2CC2)n1. The predicted molar refractivity (Wildman–Crippen MR) is 88.6 cm³/mol. The third kappa shape index (κ3) is 2.94. The van der Waals surface area contributed by atoms with Gasteiger partial charge in [0.2, 0.25) is 0 Å². The van der Waals surface area contributed by atoms with E-state index >= 15 is 0 Å². The van der Waals surface area contributed by atoms with Gasteiger partial charge in [0.25, 0.3) is 0 Å². The molecule has 4 rings (SSSR count). The third-order valence-corrected chi connectivity index (χ3v) is 4.82. The van der Waals surface area contributed by atoms with Crippen molar-refractivity contribution >= 4 is 5.82 Å². The number of nitrogens with zero attached hydrogens (tertiary/aromatic N) is 6. The Morgan fingerprint density at radius 2 is 1.91 bits per heavy atom. The van der Waals surface area contributed by atoms with Crippen LogP contribution in [0.4, 0.5) is 5.82 Å². The van der Waals surface area contributed by atoms with Crippen LogP contribution in [0.1, 0.15) is 54.8 Å². The lowest BCUT2D eigenvalue weighted by atomic mass is 10.2. The Morgan fingerprint density at radius 1 is 1.09 bits per heavy atom. The highest BCUT2D eigenvalue weighted by Gasteiger charge is 2.30. The van der Waals surface area contributed by atoms with Gasteiger partial charge in [0.1, 0.15) is 23.3 Å². The summed E-state index contributed by atoms with van der Waals surface area (Å²) in [6, 6.07) is 2.57. The Balaban J connectivity index is 1.59. The summed E-state index contributed by atoms with van der Waals surface area (Å²) in [5.41, 5.74) is 1.08. The van der Waals surface area contributed by atoms with Crippen molar-refractivity contribution in [1.29, 1.82) is 0 Å². The Morgan fingerprint density at radius 3 is 2.61 bits per heavy atom. The molecular formula is C17H24N6. The van der Waals surface area contributed by atoms with Crippen LogP contribution in [-0.4, -0.2) is 37.3 Å². The number of aromatic nitrogens is 5. The molecule has 0 bridgehead atoms. The Bertz CT molecular complexity index is 718. The van der Waals surface area contributed by atoms with E-state index in [0.29, 0.717) is 12.0 Å². The van der Waals surface area contributed by atoms with Crippen molar-refractivity contribution in [3.63, 3.8) is 0 Å². The van der Waals surface area contributed by atoms with E-state index in [2.05, 4.69) is 33.0 Å². The third-order valence-electron chi connectivity index (χ3n) is 4.82. The normalized spacial score (nSPS) is 21.2. The number of aryl methyl sites for hydroxylation is 3. The fourth-order valence-corrected chi connectivity index (χ4v) is 3.51. The van der Waals surface area contributed by atoms with Crippen LogP contribution in [0.3, 0.4) is 0 Å². The van der Waals surface area contributed by atoms with E-state index in [0.717, 1.165) is 42.1 Å². The number of hydrogen-bond donors (Lipinski definition) is 0. The average Bonchev–Trinajstić information content (AvgIpc) is 3.17. The summed E-state index contributed by atoms with van der Waals surface area (Å²) in [6.07, 6.45) is 4.87. The molecule has 6 nitrogen and oxygen atoms in total. The van der Waals surface area contributed by atoms with E-state index in [9.17, 15) is 0 Å². The first-order valence-corrected chi connectivity index (χ1v) is 8.60. The van der Waals surface area contributed by atoms with Gasteiger partial charge in [-0.15, -0.1) is 0 Å². The second kappa shape index (κ2) is 5.58. The fraction of sp³-hybridized carbons (Fsp3) is 0.647. The van der Waals surface area contributed by atoms with Gasteiger partial charge < -0.3 is 4.90 Å². The van der Waals surface area contributed by atoms with Crippen molar-refractivity contribution < 1.29 is 0 Å². The zero-order chi connectivity index (χ0) is 16.0. The summed E-state index contributed by atoms with van der Waals surface area (Å²) in [4.78, 5) is 16.4. The van der Waals surface area contributed by atoms with Crippen LogP contribution < -0.4 is 4.90 Å². The quantitative estimate of drug-likeness (QED) is 0.868. The summed E-state index contributed by atoms with van der Waals surface area (Å²) in [5.74, 6) is 4.57. The Hall–Kier alpha value is -1.98. The minimum Gasteiger partial charge on any atom is -0.352 e. The molecule has 0 radical (unpaired) electrons. The maximum atomic E-state index is 4.87.